The number of nitrogens with one attached hydrogen (secondary N) is 2. The van der Waals surface area contributed by atoms with Gasteiger partial charge < -0.3 is 10.6 Å². The zero-order chi connectivity index (χ0) is 17.0. The Balaban J connectivity index is 1.86. The van der Waals surface area contributed by atoms with Crippen LogP contribution >= 0.6 is 11.8 Å². The molecule has 24 heavy (non-hydrogen) atoms. The van der Waals surface area contributed by atoms with Crippen molar-refractivity contribution in [3.63, 3.8) is 0 Å². The number of hydrogen-bond acceptors (Lipinski definition) is 3. The highest BCUT2D eigenvalue weighted by atomic mass is 32.2. The van der Waals surface area contributed by atoms with Crippen LogP contribution in [0.15, 0.2) is 41.5 Å². The van der Waals surface area contributed by atoms with Crippen molar-refractivity contribution in [3.8, 4) is 0 Å². The van der Waals surface area contributed by atoms with Gasteiger partial charge >= 0.3 is 0 Å². The summed E-state index contributed by atoms with van der Waals surface area (Å²) in [5.74, 6) is 2.13. The lowest BCUT2D eigenvalue weighted by Crippen LogP contribution is -2.38. The fraction of sp³-hybridized carbons (Fsp3) is 0.474. The smallest absolute Gasteiger partial charge is 0.191 e. The SMILES string of the molecule is CCNC(=NCCCCSC)NCCc1cccc2cccnc12. The second kappa shape index (κ2) is 10.9. The minimum Gasteiger partial charge on any atom is -0.357 e. The summed E-state index contributed by atoms with van der Waals surface area (Å²) in [4.78, 5) is 9.17. The molecule has 0 aliphatic heterocycles. The van der Waals surface area contributed by atoms with Crippen molar-refractivity contribution in [2.75, 3.05) is 31.6 Å². The standard InChI is InChI=1S/C19H28N4S/c1-3-20-19(22-12-4-5-15-24-2)23-14-11-17-9-6-8-16-10-7-13-21-18(16)17/h6-10,13H,3-5,11-12,14-15H2,1-2H3,(H2,20,22,23). The van der Waals surface area contributed by atoms with E-state index in [-0.39, 0.29) is 0 Å². The van der Waals surface area contributed by atoms with Crippen LogP contribution in [0.1, 0.15) is 25.3 Å². The molecule has 0 amide bonds. The first-order valence-corrected chi connectivity index (χ1v) is 10.1. The average molecular weight is 345 g/mol. The molecule has 0 aliphatic carbocycles. The van der Waals surface area contributed by atoms with Crippen LogP contribution in [0, 0.1) is 0 Å². The van der Waals surface area contributed by atoms with Crippen molar-refractivity contribution in [2.45, 2.75) is 26.2 Å². The number of rotatable bonds is 9. The molecule has 0 aliphatic rings. The van der Waals surface area contributed by atoms with Crippen LogP contribution < -0.4 is 10.6 Å². The van der Waals surface area contributed by atoms with Gasteiger partial charge in [0, 0.05) is 31.2 Å². The van der Waals surface area contributed by atoms with E-state index in [4.69, 9.17) is 0 Å². The molecule has 0 fully saturated rings. The maximum absolute atomic E-state index is 4.65. The fourth-order valence-electron chi connectivity index (χ4n) is 2.58. The third kappa shape index (κ3) is 6.04. The van der Waals surface area contributed by atoms with E-state index in [0.29, 0.717) is 0 Å². The summed E-state index contributed by atoms with van der Waals surface area (Å²) in [5, 5.41) is 7.94. The van der Waals surface area contributed by atoms with E-state index >= 15 is 0 Å². The number of thioether (sulfide) groups is 1. The molecular formula is C19H28N4S. The van der Waals surface area contributed by atoms with E-state index in [1.54, 1.807) is 0 Å². The molecule has 2 N–H and O–H groups in total. The van der Waals surface area contributed by atoms with Crippen molar-refractivity contribution in [2.24, 2.45) is 4.99 Å². The van der Waals surface area contributed by atoms with Gasteiger partial charge in [0.05, 0.1) is 5.52 Å². The molecule has 0 radical (unpaired) electrons. The Labute approximate surface area is 149 Å². The van der Waals surface area contributed by atoms with Gasteiger partial charge in [-0.05, 0) is 49.8 Å². The summed E-state index contributed by atoms with van der Waals surface area (Å²) >= 11 is 1.90. The predicted molar refractivity (Wildman–Crippen MR) is 107 cm³/mol. The quantitative estimate of drug-likeness (QED) is 0.415. The molecule has 0 atom stereocenters. The number of para-hydroxylation sites is 1. The summed E-state index contributed by atoms with van der Waals surface area (Å²) in [6.45, 7) is 4.71. The number of aromatic nitrogens is 1. The van der Waals surface area contributed by atoms with Gasteiger partial charge in [0.15, 0.2) is 5.96 Å². The van der Waals surface area contributed by atoms with Crippen molar-refractivity contribution in [1.29, 1.82) is 0 Å². The van der Waals surface area contributed by atoms with Crippen LogP contribution in [0.4, 0.5) is 0 Å². The van der Waals surface area contributed by atoms with Crippen LogP contribution in [0.5, 0.6) is 0 Å². The number of pyridine rings is 1. The van der Waals surface area contributed by atoms with Gasteiger partial charge in [-0.3, -0.25) is 9.98 Å². The second-order valence-corrected chi connectivity index (χ2v) is 6.62. The topological polar surface area (TPSA) is 49.3 Å². The van der Waals surface area contributed by atoms with E-state index in [1.807, 2.05) is 24.0 Å². The first kappa shape index (κ1) is 18.6. The highest BCUT2D eigenvalue weighted by Crippen LogP contribution is 2.15. The van der Waals surface area contributed by atoms with Crippen LogP contribution in [-0.2, 0) is 6.42 Å². The van der Waals surface area contributed by atoms with Crippen molar-refractivity contribution in [3.05, 3.63) is 42.1 Å². The minimum atomic E-state index is 0.854. The van der Waals surface area contributed by atoms with E-state index in [0.717, 1.165) is 44.0 Å². The normalized spacial score (nSPS) is 11.7. The predicted octanol–water partition coefficient (Wildman–Crippen LogP) is 3.48. The zero-order valence-corrected chi connectivity index (χ0v) is 15.5. The Kier molecular flexibility index (Phi) is 8.46. The minimum absolute atomic E-state index is 0.854. The fourth-order valence-corrected chi connectivity index (χ4v) is 3.07. The molecule has 2 aromatic rings. The molecule has 0 bridgehead atoms. The van der Waals surface area contributed by atoms with Gasteiger partial charge in [-0.15, -0.1) is 0 Å². The molecule has 0 spiro atoms. The lowest BCUT2D eigenvalue weighted by Gasteiger charge is -2.12. The Bertz CT molecular complexity index is 637. The third-order valence-electron chi connectivity index (χ3n) is 3.77. The molecule has 1 aromatic carbocycles. The van der Waals surface area contributed by atoms with Crippen molar-refractivity contribution < 1.29 is 0 Å². The monoisotopic (exact) mass is 344 g/mol. The average Bonchev–Trinajstić information content (AvgIpc) is 2.61. The molecule has 4 nitrogen and oxygen atoms in total. The van der Waals surface area contributed by atoms with Crippen molar-refractivity contribution in [1.82, 2.24) is 15.6 Å². The number of hydrogen-bond donors (Lipinski definition) is 2. The third-order valence-corrected chi connectivity index (χ3v) is 4.47. The molecule has 1 aromatic heterocycles. The molecular weight excluding hydrogens is 316 g/mol. The van der Waals surface area contributed by atoms with Gasteiger partial charge in [-0.2, -0.15) is 11.8 Å². The highest BCUT2D eigenvalue weighted by Gasteiger charge is 2.02. The van der Waals surface area contributed by atoms with Crippen molar-refractivity contribution >= 4 is 28.6 Å². The van der Waals surface area contributed by atoms with E-state index in [1.165, 1.54) is 23.1 Å². The lowest BCUT2D eigenvalue weighted by atomic mass is 10.1. The Morgan fingerprint density at radius 3 is 2.88 bits per heavy atom. The Morgan fingerprint density at radius 2 is 2.04 bits per heavy atom. The van der Waals surface area contributed by atoms with E-state index < -0.39 is 0 Å². The van der Waals surface area contributed by atoms with Crippen LogP contribution in [0.2, 0.25) is 0 Å². The van der Waals surface area contributed by atoms with Crippen LogP contribution in [0.25, 0.3) is 10.9 Å². The maximum atomic E-state index is 4.65. The summed E-state index contributed by atoms with van der Waals surface area (Å²) in [6, 6.07) is 10.5. The first-order valence-electron chi connectivity index (χ1n) is 8.69. The number of nitrogens with zero attached hydrogens (tertiary/aromatic N) is 2. The van der Waals surface area contributed by atoms with E-state index in [2.05, 4.69) is 58.1 Å². The first-order chi connectivity index (χ1) is 11.8. The van der Waals surface area contributed by atoms with Crippen LogP contribution in [-0.4, -0.2) is 42.6 Å². The number of benzene rings is 1. The maximum Gasteiger partial charge on any atom is 0.191 e. The zero-order valence-electron chi connectivity index (χ0n) is 14.7. The van der Waals surface area contributed by atoms with Gasteiger partial charge in [0.2, 0.25) is 0 Å². The highest BCUT2D eigenvalue weighted by molar-refractivity contribution is 7.98. The molecule has 130 valence electrons. The number of fused-ring (bicyclic) bond motifs is 1. The number of unbranched alkanes of at least 4 members (excludes halogenated alkanes) is 1. The van der Waals surface area contributed by atoms with Gasteiger partial charge in [0.1, 0.15) is 0 Å². The molecule has 1 heterocycles. The van der Waals surface area contributed by atoms with Gasteiger partial charge in [-0.1, -0.05) is 24.3 Å². The van der Waals surface area contributed by atoms with E-state index in [9.17, 15) is 0 Å². The molecule has 0 saturated carbocycles. The summed E-state index contributed by atoms with van der Waals surface area (Å²) in [7, 11) is 0. The number of aliphatic imine (C=N–C) groups is 1. The second-order valence-electron chi connectivity index (χ2n) is 5.63. The summed E-state index contributed by atoms with van der Waals surface area (Å²) in [5.41, 5.74) is 2.37. The molecule has 0 unspecified atom stereocenters. The molecule has 0 saturated heterocycles. The largest absolute Gasteiger partial charge is 0.357 e. The Hall–Kier alpha value is -1.75. The summed E-state index contributed by atoms with van der Waals surface area (Å²) < 4.78 is 0. The van der Waals surface area contributed by atoms with Crippen LogP contribution in [0.3, 0.4) is 0 Å². The Morgan fingerprint density at radius 1 is 1.17 bits per heavy atom. The molecule has 5 heteroatoms. The molecule has 2 rings (SSSR count). The lowest BCUT2D eigenvalue weighted by molar-refractivity contribution is 0.771. The van der Waals surface area contributed by atoms with Gasteiger partial charge in [-0.25, -0.2) is 0 Å². The summed E-state index contributed by atoms with van der Waals surface area (Å²) in [6.07, 6.45) is 7.32. The number of guanidine groups is 1. The van der Waals surface area contributed by atoms with Gasteiger partial charge in [0.25, 0.3) is 0 Å².